The summed E-state index contributed by atoms with van der Waals surface area (Å²) in [5.74, 6) is 0.203. The second-order valence-corrected chi connectivity index (χ2v) is 8.85. The van der Waals surface area contributed by atoms with Gasteiger partial charge in [0.1, 0.15) is 17.7 Å². The van der Waals surface area contributed by atoms with Gasteiger partial charge in [-0.05, 0) is 87.8 Å². The molecule has 3 aromatic rings. The number of aromatic nitrogens is 1. The summed E-state index contributed by atoms with van der Waals surface area (Å²) in [7, 11) is 0. The second-order valence-electron chi connectivity index (χ2n) is 8.45. The molecule has 0 unspecified atom stereocenters. The van der Waals surface area contributed by atoms with Crippen molar-refractivity contribution in [2.24, 2.45) is 0 Å². The summed E-state index contributed by atoms with van der Waals surface area (Å²) in [5, 5.41) is 7.17. The molecule has 0 aliphatic carbocycles. The molecule has 1 amide bonds. The summed E-state index contributed by atoms with van der Waals surface area (Å²) in [5.41, 5.74) is 2.80. The molecule has 0 bridgehead atoms. The van der Waals surface area contributed by atoms with Gasteiger partial charge in [-0.25, -0.2) is 9.37 Å². The average Bonchev–Trinajstić information content (AvgIpc) is 2.75. The topological polar surface area (TPSA) is 63.2 Å². The first kappa shape index (κ1) is 22.5. The van der Waals surface area contributed by atoms with E-state index in [-0.39, 0.29) is 29.5 Å². The lowest BCUT2D eigenvalue weighted by molar-refractivity contribution is -0.120. The van der Waals surface area contributed by atoms with Gasteiger partial charge in [0.05, 0.1) is 22.7 Å². The lowest BCUT2D eigenvalue weighted by atomic mass is 10.00. The summed E-state index contributed by atoms with van der Waals surface area (Å²) in [6, 6.07) is 12.3. The predicted molar refractivity (Wildman–Crippen MR) is 126 cm³/mol. The highest BCUT2D eigenvalue weighted by Gasteiger charge is 2.17. The van der Waals surface area contributed by atoms with Crippen molar-refractivity contribution in [3.8, 4) is 17.0 Å². The Morgan fingerprint density at radius 1 is 1.22 bits per heavy atom. The van der Waals surface area contributed by atoms with E-state index in [4.69, 9.17) is 21.3 Å². The number of benzene rings is 2. The average molecular weight is 456 g/mol. The Bertz CT molecular complexity index is 1130. The fourth-order valence-corrected chi connectivity index (χ4v) is 4.13. The van der Waals surface area contributed by atoms with Gasteiger partial charge in [0.25, 0.3) is 0 Å². The molecule has 0 saturated carbocycles. The number of pyridine rings is 1. The van der Waals surface area contributed by atoms with Crippen LogP contribution in [0.1, 0.15) is 32.3 Å². The van der Waals surface area contributed by atoms with Crippen LogP contribution in [-0.2, 0) is 11.2 Å². The molecule has 7 heteroatoms. The Labute approximate surface area is 192 Å². The molecule has 0 atom stereocenters. The standard InChI is InChI=1S/C25H27ClFN3O2/c1-15(2)29-24(31)14-18-11-17-12-20(32-19-7-9-28-10-8-19)4-6-23(17)30-25(18)16-3-5-22(27)21(26)13-16/h3-6,11-13,15,19,28H,7-10,14H2,1-2H3,(H,29,31). The van der Waals surface area contributed by atoms with Crippen LogP contribution in [0.5, 0.6) is 5.75 Å². The SMILES string of the molecule is CC(C)NC(=O)Cc1cc2cc(OC3CCNCC3)ccc2nc1-c1ccc(F)c(Cl)c1. The third kappa shape index (κ3) is 5.37. The molecule has 1 aromatic heterocycles. The van der Waals surface area contributed by atoms with Gasteiger partial charge in [-0.2, -0.15) is 0 Å². The summed E-state index contributed by atoms with van der Waals surface area (Å²) < 4.78 is 19.9. The van der Waals surface area contributed by atoms with E-state index in [0.29, 0.717) is 11.3 Å². The van der Waals surface area contributed by atoms with E-state index in [9.17, 15) is 9.18 Å². The molecular weight excluding hydrogens is 429 g/mol. The van der Waals surface area contributed by atoms with Crippen molar-refractivity contribution in [1.29, 1.82) is 0 Å². The summed E-state index contributed by atoms with van der Waals surface area (Å²) in [4.78, 5) is 17.3. The normalized spacial score (nSPS) is 14.7. The Balaban J connectivity index is 1.72. The zero-order chi connectivity index (χ0) is 22.7. The monoisotopic (exact) mass is 455 g/mol. The number of carbonyl (C=O) groups excluding carboxylic acids is 1. The van der Waals surface area contributed by atoms with E-state index in [0.717, 1.165) is 48.1 Å². The fraction of sp³-hybridized carbons (Fsp3) is 0.360. The Morgan fingerprint density at radius 3 is 2.72 bits per heavy atom. The van der Waals surface area contributed by atoms with Crippen LogP contribution >= 0.6 is 11.6 Å². The van der Waals surface area contributed by atoms with Crippen molar-refractivity contribution < 1.29 is 13.9 Å². The maximum atomic E-state index is 13.7. The molecule has 1 aliphatic rings. The van der Waals surface area contributed by atoms with Crippen LogP contribution in [0.15, 0.2) is 42.5 Å². The highest BCUT2D eigenvalue weighted by molar-refractivity contribution is 6.31. The maximum absolute atomic E-state index is 13.7. The molecule has 0 radical (unpaired) electrons. The first-order chi connectivity index (χ1) is 15.4. The molecule has 1 saturated heterocycles. The largest absolute Gasteiger partial charge is 0.490 e. The molecule has 32 heavy (non-hydrogen) atoms. The molecule has 1 fully saturated rings. The van der Waals surface area contributed by atoms with Crippen molar-refractivity contribution in [2.45, 2.75) is 45.3 Å². The zero-order valence-corrected chi connectivity index (χ0v) is 19.0. The van der Waals surface area contributed by atoms with Crippen molar-refractivity contribution in [3.05, 3.63) is 58.9 Å². The first-order valence-electron chi connectivity index (χ1n) is 10.9. The quantitative estimate of drug-likeness (QED) is 0.555. The Morgan fingerprint density at radius 2 is 2.00 bits per heavy atom. The lowest BCUT2D eigenvalue weighted by Gasteiger charge is -2.24. The molecule has 1 aliphatic heterocycles. The highest BCUT2D eigenvalue weighted by atomic mass is 35.5. The zero-order valence-electron chi connectivity index (χ0n) is 18.3. The van der Waals surface area contributed by atoms with Crippen molar-refractivity contribution >= 4 is 28.4 Å². The van der Waals surface area contributed by atoms with Gasteiger partial charge >= 0.3 is 0 Å². The molecular formula is C25H27ClFN3O2. The minimum atomic E-state index is -0.491. The number of piperidine rings is 1. The van der Waals surface area contributed by atoms with Gasteiger partial charge in [0.15, 0.2) is 0 Å². The van der Waals surface area contributed by atoms with Crippen molar-refractivity contribution in [2.75, 3.05) is 13.1 Å². The maximum Gasteiger partial charge on any atom is 0.224 e. The minimum Gasteiger partial charge on any atom is -0.490 e. The second kappa shape index (κ2) is 9.84. The van der Waals surface area contributed by atoms with Crippen LogP contribution in [-0.4, -0.2) is 36.1 Å². The van der Waals surface area contributed by atoms with Gasteiger partial charge in [-0.3, -0.25) is 4.79 Å². The van der Waals surface area contributed by atoms with E-state index >= 15 is 0 Å². The lowest BCUT2D eigenvalue weighted by Crippen LogP contribution is -2.34. The Hall–Kier alpha value is -2.70. The number of nitrogens with zero attached hydrogens (tertiary/aromatic N) is 1. The summed E-state index contributed by atoms with van der Waals surface area (Å²) in [6.07, 6.45) is 2.30. The van der Waals surface area contributed by atoms with Crippen LogP contribution in [0.4, 0.5) is 4.39 Å². The third-order valence-electron chi connectivity index (χ3n) is 5.45. The number of halogens is 2. The van der Waals surface area contributed by atoms with Crippen molar-refractivity contribution in [3.63, 3.8) is 0 Å². The van der Waals surface area contributed by atoms with E-state index in [2.05, 4.69) is 10.6 Å². The van der Waals surface area contributed by atoms with Crippen molar-refractivity contribution in [1.82, 2.24) is 15.6 Å². The number of fused-ring (bicyclic) bond motifs is 1. The number of hydrogen-bond donors (Lipinski definition) is 2. The number of rotatable bonds is 6. The van der Waals surface area contributed by atoms with E-state index < -0.39 is 5.82 Å². The summed E-state index contributed by atoms with van der Waals surface area (Å²) in [6.45, 7) is 5.75. The number of amides is 1. The molecule has 2 N–H and O–H groups in total. The van der Waals surface area contributed by atoms with Gasteiger partial charge in [-0.15, -0.1) is 0 Å². The molecule has 4 rings (SSSR count). The van der Waals surface area contributed by atoms with E-state index in [1.54, 1.807) is 12.1 Å². The molecule has 0 spiro atoms. The predicted octanol–water partition coefficient (Wildman–Crippen LogP) is 4.89. The van der Waals surface area contributed by atoms with E-state index in [1.807, 2.05) is 38.1 Å². The number of ether oxygens (including phenoxy) is 1. The number of carbonyl (C=O) groups is 1. The molecule has 5 nitrogen and oxygen atoms in total. The molecule has 2 heterocycles. The smallest absolute Gasteiger partial charge is 0.224 e. The van der Waals surface area contributed by atoms with Gasteiger partial charge in [0.2, 0.25) is 5.91 Å². The Kier molecular flexibility index (Phi) is 6.92. The van der Waals surface area contributed by atoms with Crippen LogP contribution in [0.25, 0.3) is 22.2 Å². The van der Waals surface area contributed by atoms with Gasteiger partial charge in [0, 0.05) is 17.0 Å². The fourth-order valence-electron chi connectivity index (χ4n) is 3.95. The highest BCUT2D eigenvalue weighted by Crippen LogP contribution is 2.31. The first-order valence-corrected chi connectivity index (χ1v) is 11.3. The molecule has 2 aromatic carbocycles. The van der Waals surface area contributed by atoms with Gasteiger partial charge in [-0.1, -0.05) is 11.6 Å². The van der Waals surface area contributed by atoms with Crippen LogP contribution in [0.2, 0.25) is 5.02 Å². The third-order valence-corrected chi connectivity index (χ3v) is 5.74. The minimum absolute atomic E-state index is 0.0210. The number of hydrogen-bond acceptors (Lipinski definition) is 4. The van der Waals surface area contributed by atoms with Gasteiger partial charge < -0.3 is 15.4 Å². The molecule has 168 valence electrons. The van der Waals surface area contributed by atoms with E-state index in [1.165, 1.54) is 6.07 Å². The number of nitrogens with one attached hydrogen (secondary N) is 2. The van der Waals surface area contributed by atoms with Crippen LogP contribution < -0.4 is 15.4 Å². The summed E-state index contributed by atoms with van der Waals surface area (Å²) >= 11 is 6.02. The van der Waals surface area contributed by atoms with Crippen LogP contribution in [0, 0.1) is 5.82 Å². The van der Waals surface area contributed by atoms with Crippen LogP contribution in [0.3, 0.4) is 0 Å².